The van der Waals surface area contributed by atoms with Crippen molar-refractivity contribution in [3.05, 3.63) is 70.5 Å². The summed E-state index contributed by atoms with van der Waals surface area (Å²) in [4.78, 5) is 17.1. The van der Waals surface area contributed by atoms with E-state index in [1.807, 2.05) is 6.07 Å². The van der Waals surface area contributed by atoms with Gasteiger partial charge in [-0.25, -0.2) is 4.98 Å². The summed E-state index contributed by atoms with van der Waals surface area (Å²) >= 11 is 0. The second-order valence-electron chi connectivity index (χ2n) is 8.62. The molecule has 8 heteroatoms. The number of nitrogens with zero attached hydrogens (tertiary/aromatic N) is 3. The van der Waals surface area contributed by atoms with E-state index >= 15 is 0 Å². The minimum absolute atomic E-state index is 0.0286. The molecule has 4 rings (SSSR count). The average Bonchev–Trinajstić information content (AvgIpc) is 3.28. The zero-order valence-corrected chi connectivity index (χ0v) is 18.6. The van der Waals surface area contributed by atoms with Crippen LogP contribution in [0.4, 0.5) is 11.4 Å². The van der Waals surface area contributed by atoms with Crippen molar-refractivity contribution in [1.82, 2.24) is 10.3 Å². The van der Waals surface area contributed by atoms with E-state index < -0.39 is 4.92 Å². The van der Waals surface area contributed by atoms with Gasteiger partial charge in [0.15, 0.2) is 5.76 Å². The highest BCUT2D eigenvalue weighted by molar-refractivity contribution is 5.75. The van der Waals surface area contributed by atoms with Crippen molar-refractivity contribution >= 4 is 11.4 Å². The summed E-state index contributed by atoms with van der Waals surface area (Å²) in [6.07, 6.45) is 5.76. The molecule has 0 bridgehead atoms. The Morgan fingerprint density at radius 2 is 1.97 bits per heavy atom. The van der Waals surface area contributed by atoms with Crippen LogP contribution in [-0.4, -0.2) is 30.2 Å². The third kappa shape index (κ3) is 4.22. The molecule has 166 valence electrons. The number of anilines is 1. The number of nitro benzene ring substituents is 1. The summed E-state index contributed by atoms with van der Waals surface area (Å²) < 4.78 is 11.9. The van der Waals surface area contributed by atoms with E-state index in [0.717, 1.165) is 23.4 Å². The molecule has 1 aliphatic rings. The van der Waals surface area contributed by atoms with Crippen molar-refractivity contribution in [2.75, 3.05) is 25.2 Å². The molecule has 0 saturated heterocycles. The van der Waals surface area contributed by atoms with Crippen LogP contribution < -0.4 is 15.0 Å². The smallest absolute Gasteiger partial charge is 0.269 e. The number of methoxy groups -OCH3 is 1. The van der Waals surface area contributed by atoms with Crippen LogP contribution in [0, 0.1) is 10.1 Å². The maximum atomic E-state index is 10.9. The standard InChI is InChI=1S/C24H26N4O4/c1-24(2,3)20-13-18(27-11-5-10-25-15-27)12-19(22(20)31-4)23-26-14-21(32-23)16-6-8-17(9-7-16)28(29)30/h5-9,11-14,25H,10,15H2,1-4H3. The predicted octanol–water partition coefficient (Wildman–Crippen LogP) is 5.10. The zero-order chi connectivity index (χ0) is 22.9. The van der Waals surface area contributed by atoms with Gasteiger partial charge in [0.25, 0.3) is 5.69 Å². The average molecular weight is 434 g/mol. The van der Waals surface area contributed by atoms with Gasteiger partial charge in [-0.2, -0.15) is 0 Å². The number of rotatable bonds is 5. The van der Waals surface area contributed by atoms with Crippen LogP contribution in [0.1, 0.15) is 26.3 Å². The fourth-order valence-corrected chi connectivity index (χ4v) is 3.67. The van der Waals surface area contributed by atoms with Crippen LogP contribution in [0.25, 0.3) is 22.8 Å². The number of oxazole rings is 1. The summed E-state index contributed by atoms with van der Waals surface area (Å²) in [6.45, 7) is 7.96. The van der Waals surface area contributed by atoms with Crippen molar-refractivity contribution in [3.63, 3.8) is 0 Å². The number of hydrogen-bond acceptors (Lipinski definition) is 7. The molecular weight excluding hydrogens is 408 g/mol. The lowest BCUT2D eigenvalue weighted by atomic mass is 9.84. The summed E-state index contributed by atoms with van der Waals surface area (Å²) in [5, 5.41) is 14.3. The first-order chi connectivity index (χ1) is 15.3. The largest absolute Gasteiger partial charge is 0.496 e. The van der Waals surface area contributed by atoms with Gasteiger partial charge in [0.1, 0.15) is 5.75 Å². The van der Waals surface area contributed by atoms with E-state index in [0.29, 0.717) is 29.6 Å². The molecule has 0 atom stereocenters. The second kappa shape index (κ2) is 8.47. The quantitative estimate of drug-likeness (QED) is 0.441. The Bertz CT molecular complexity index is 1160. The van der Waals surface area contributed by atoms with Crippen LogP contribution in [0.5, 0.6) is 5.75 Å². The van der Waals surface area contributed by atoms with Crippen molar-refractivity contribution in [2.45, 2.75) is 26.2 Å². The molecule has 0 unspecified atom stereocenters. The Labute approximate surface area is 186 Å². The van der Waals surface area contributed by atoms with Gasteiger partial charge in [-0.3, -0.25) is 15.4 Å². The Morgan fingerprint density at radius 3 is 2.56 bits per heavy atom. The molecule has 0 radical (unpaired) electrons. The van der Waals surface area contributed by atoms with E-state index in [1.54, 1.807) is 25.4 Å². The Hall–Kier alpha value is -3.65. The molecule has 2 aromatic carbocycles. The van der Waals surface area contributed by atoms with Gasteiger partial charge in [0.2, 0.25) is 5.89 Å². The molecule has 8 nitrogen and oxygen atoms in total. The number of hydrogen-bond donors (Lipinski definition) is 1. The molecule has 0 spiro atoms. The normalized spacial score (nSPS) is 13.9. The molecule has 1 N–H and O–H groups in total. The summed E-state index contributed by atoms with van der Waals surface area (Å²) in [5.41, 5.74) is 3.37. The number of non-ortho nitro benzene ring substituents is 1. The van der Waals surface area contributed by atoms with E-state index in [-0.39, 0.29) is 11.1 Å². The third-order valence-corrected chi connectivity index (χ3v) is 5.35. The third-order valence-electron chi connectivity index (χ3n) is 5.35. The fourth-order valence-electron chi connectivity index (χ4n) is 3.67. The molecule has 0 amide bonds. The van der Waals surface area contributed by atoms with Crippen LogP contribution in [0.2, 0.25) is 0 Å². The van der Waals surface area contributed by atoms with Crippen molar-refractivity contribution in [2.24, 2.45) is 0 Å². The lowest BCUT2D eigenvalue weighted by molar-refractivity contribution is -0.384. The lowest BCUT2D eigenvalue weighted by Crippen LogP contribution is -2.34. The molecule has 0 saturated carbocycles. The Morgan fingerprint density at radius 1 is 1.22 bits per heavy atom. The number of benzene rings is 2. The fraction of sp³-hybridized carbons (Fsp3) is 0.292. The van der Waals surface area contributed by atoms with E-state index in [2.05, 4.69) is 54.3 Å². The number of nitro groups is 1. The van der Waals surface area contributed by atoms with Crippen molar-refractivity contribution in [3.8, 4) is 28.5 Å². The number of ether oxygens (including phenoxy) is 1. The highest BCUT2D eigenvalue weighted by atomic mass is 16.6. The highest BCUT2D eigenvalue weighted by Gasteiger charge is 2.26. The zero-order valence-electron chi connectivity index (χ0n) is 18.6. The molecular formula is C24H26N4O4. The topological polar surface area (TPSA) is 93.7 Å². The van der Waals surface area contributed by atoms with Gasteiger partial charge in [-0.15, -0.1) is 0 Å². The Kier molecular flexibility index (Phi) is 5.71. The Balaban J connectivity index is 1.81. The predicted molar refractivity (Wildman–Crippen MR) is 124 cm³/mol. The van der Waals surface area contributed by atoms with Gasteiger partial charge in [0.05, 0.1) is 30.5 Å². The summed E-state index contributed by atoms with van der Waals surface area (Å²) in [5.74, 6) is 1.67. The van der Waals surface area contributed by atoms with Crippen molar-refractivity contribution in [1.29, 1.82) is 0 Å². The maximum absolute atomic E-state index is 10.9. The maximum Gasteiger partial charge on any atom is 0.269 e. The van der Waals surface area contributed by atoms with Crippen LogP contribution >= 0.6 is 0 Å². The molecule has 3 aromatic rings. The lowest BCUT2D eigenvalue weighted by Gasteiger charge is -2.29. The van der Waals surface area contributed by atoms with Gasteiger partial charge >= 0.3 is 0 Å². The van der Waals surface area contributed by atoms with Crippen LogP contribution in [0.3, 0.4) is 0 Å². The van der Waals surface area contributed by atoms with Gasteiger partial charge in [0, 0.05) is 41.7 Å². The van der Waals surface area contributed by atoms with E-state index in [4.69, 9.17) is 9.15 Å². The minimum Gasteiger partial charge on any atom is -0.496 e. The molecule has 32 heavy (non-hydrogen) atoms. The highest BCUT2D eigenvalue weighted by Crippen LogP contribution is 2.43. The molecule has 2 heterocycles. The first kappa shape index (κ1) is 21.6. The number of nitrogens with one attached hydrogen (secondary N) is 1. The van der Waals surface area contributed by atoms with Gasteiger partial charge in [-0.1, -0.05) is 26.8 Å². The van der Waals surface area contributed by atoms with Crippen LogP contribution in [0.15, 0.2) is 59.3 Å². The first-order valence-corrected chi connectivity index (χ1v) is 10.4. The molecule has 1 aromatic heterocycles. The summed E-state index contributed by atoms with van der Waals surface area (Å²) in [6, 6.07) is 10.4. The van der Waals surface area contributed by atoms with Gasteiger partial charge in [-0.05, 0) is 29.7 Å². The van der Waals surface area contributed by atoms with E-state index in [9.17, 15) is 10.1 Å². The monoisotopic (exact) mass is 434 g/mol. The SMILES string of the molecule is COc1c(-c2ncc(-c3ccc([N+](=O)[O-])cc3)o2)cc(N2C=CCNC2)cc1C(C)(C)C. The second-order valence-corrected chi connectivity index (χ2v) is 8.62. The van der Waals surface area contributed by atoms with Gasteiger partial charge < -0.3 is 14.1 Å². The summed E-state index contributed by atoms with van der Waals surface area (Å²) in [7, 11) is 1.65. The minimum atomic E-state index is -0.427. The van der Waals surface area contributed by atoms with E-state index in [1.165, 1.54) is 12.1 Å². The number of aromatic nitrogens is 1. The first-order valence-electron chi connectivity index (χ1n) is 10.4. The molecule has 0 aliphatic carbocycles. The van der Waals surface area contributed by atoms with Crippen LogP contribution in [-0.2, 0) is 5.41 Å². The molecule has 1 aliphatic heterocycles. The van der Waals surface area contributed by atoms with Crippen molar-refractivity contribution < 1.29 is 14.1 Å². The molecule has 0 fully saturated rings.